The maximum atomic E-state index is 12.6. The third-order valence-electron chi connectivity index (χ3n) is 3.01. The minimum atomic E-state index is -4.51. The van der Waals surface area contributed by atoms with Crippen LogP contribution in [0.2, 0.25) is 0 Å². The van der Waals surface area contributed by atoms with E-state index in [1.54, 1.807) is 17.5 Å². The highest BCUT2D eigenvalue weighted by molar-refractivity contribution is 7.12. The number of esters is 1. The first kappa shape index (κ1) is 18.0. The van der Waals surface area contributed by atoms with E-state index in [1.807, 2.05) is 0 Å². The Morgan fingerprint density at radius 3 is 2.62 bits per heavy atom. The van der Waals surface area contributed by atoms with Gasteiger partial charge in [0.15, 0.2) is 0 Å². The zero-order valence-corrected chi connectivity index (χ0v) is 13.2. The van der Waals surface area contributed by atoms with Gasteiger partial charge in [-0.15, -0.1) is 11.3 Å². The molecule has 0 spiro atoms. The first-order valence-electron chi connectivity index (χ1n) is 7.04. The second-order valence-electron chi connectivity index (χ2n) is 4.80. The molecule has 2 rings (SSSR count). The Kier molecular flexibility index (Phi) is 5.97. The van der Waals surface area contributed by atoms with Crippen LogP contribution in [0, 0.1) is 0 Å². The zero-order valence-electron chi connectivity index (χ0n) is 12.4. The van der Waals surface area contributed by atoms with E-state index < -0.39 is 17.7 Å². The number of amides is 1. The van der Waals surface area contributed by atoms with E-state index in [0.29, 0.717) is 17.8 Å². The first-order chi connectivity index (χ1) is 11.4. The minimum absolute atomic E-state index is 0.000199. The van der Waals surface area contributed by atoms with Gasteiger partial charge in [-0.2, -0.15) is 13.2 Å². The van der Waals surface area contributed by atoms with Crippen LogP contribution < -0.4 is 5.32 Å². The topological polar surface area (TPSA) is 55.4 Å². The first-order valence-corrected chi connectivity index (χ1v) is 7.92. The molecule has 8 heteroatoms. The van der Waals surface area contributed by atoms with Crippen LogP contribution in [0.4, 0.5) is 13.2 Å². The van der Waals surface area contributed by atoms with Crippen molar-refractivity contribution in [3.05, 3.63) is 57.8 Å². The van der Waals surface area contributed by atoms with Gasteiger partial charge in [0.2, 0.25) is 0 Å². The summed E-state index contributed by atoms with van der Waals surface area (Å²) in [4.78, 5) is 24.0. The number of nitrogens with one attached hydrogen (secondary N) is 1. The Balaban J connectivity index is 1.74. The predicted molar refractivity (Wildman–Crippen MR) is 83.0 cm³/mol. The Morgan fingerprint density at radius 2 is 1.96 bits per heavy atom. The van der Waals surface area contributed by atoms with Crippen LogP contribution in [0.25, 0.3) is 0 Å². The fraction of sp³-hybridized carbons (Fsp3) is 0.250. The molecule has 0 saturated carbocycles. The summed E-state index contributed by atoms with van der Waals surface area (Å²) in [7, 11) is 0. The lowest BCUT2D eigenvalue weighted by Crippen LogP contribution is -2.24. The summed E-state index contributed by atoms with van der Waals surface area (Å²) >= 11 is 1.31. The zero-order chi connectivity index (χ0) is 17.6. The average molecular weight is 357 g/mol. The van der Waals surface area contributed by atoms with Crippen molar-refractivity contribution in [2.24, 2.45) is 0 Å². The van der Waals surface area contributed by atoms with Crippen LogP contribution in [0.5, 0.6) is 0 Å². The number of rotatable bonds is 6. The number of hydrogen-bond acceptors (Lipinski definition) is 4. The number of carbonyl (C=O) groups is 2. The molecule has 2 aromatic rings. The average Bonchev–Trinajstić information content (AvgIpc) is 3.08. The van der Waals surface area contributed by atoms with Gasteiger partial charge in [-0.05, 0) is 36.1 Å². The maximum Gasteiger partial charge on any atom is 0.416 e. The Hall–Kier alpha value is -2.35. The Labute approximate surface area is 140 Å². The lowest BCUT2D eigenvalue weighted by Gasteiger charge is -2.09. The minimum Gasteiger partial charge on any atom is -0.462 e. The highest BCUT2D eigenvalue weighted by Crippen LogP contribution is 2.29. The van der Waals surface area contributed by atoms with Crippen LogP contribution in [-0.2, 0) is 10.9 Å². The second-order valence-corrected chi connectivity index (χ2v) is 5.75. The molecule has 0 atom stereocenters. The van der Waals surface area contributed by atoms with Crippen LogP contribution in [-0.4, -0.2) is 25.0 Å². The molecule has 0 radical (unpaired) electrons. The summed E-state index contributed by atoms with van der Waals surface area (Å²) in [6, 6.07) is 7.50. The lowest BCUT2D eigenvalue weighted by molar-refractivity contribution is -0.137. The molecule has 1 aromatic carbocycles. The standard InChI is InChI=1S/C16H14F3NO3S/c17-16(18,19)12-5-1-4-11(10-12)15(22)23-8-3-7-20-14(21)13-6-2-9-24-13/h1-2,4-6,9-10H,3,7-8H2,(H,20,21). The summed E-state index contributed by atoms with van der Waals surface area (Å²) in [5, 5.41) is 4.44. The molecule has 0 unspecified atom stereocenters. The molecule has 1 aromatic heterocycles. The van der Waals surface area contributed by atoms with Gasteiger partial charge < -0.3 is 10.1 Å². The van der Waals surface area contributed by atoms with Crippen LogP contribution >= 0.6 is 11.3 Å². The summed E-state index contributed by atoms with van der Waals surface area (Å²) < 4.78 is 42.7. The van der Waals surface area contributed by atoms with E-state index in [1.165, 1.54) is 17.4 Å². The summed E-state index contributed by atoms with van der Waals surface area (Å²) in [6.45, 7) is 0.298. The number of benzene rings is 1. The molecule has 0 aliphatic carbocycles. The largest absolute Gasteiger partial charge is 0.462 e. The number of carbonyl (C=O) groups excluding carboxylic acids is 2. The molecular weight excluding hydrogens is 343 g/mol. The van der Waals surface area contributed by atoms with Gasteiger partial charge in [-0.1, -0.05) is 12.1 Å². The lowest BCUT2D eigenvalue weighted by atomic mass is 10.1. The van der Waals surface area contributed by atoms with E-state index >= 15 is 0 Å². The number of thiophene rings is 1. The fourth-order valence-electron chi connectivity index (χ4n) is 1.84. The van der Waals surface area contributed by atoms with Gasteiger partial charge in [0, 0.05) is 6.54 Å². The van der Waals surface area contributed by atoms with Crippen molar-refractivity contribution in [1.29, 1.82) is 0 Å². The quantitative estimate of drug-likeness (QED) is 0.633. The maximum absolute atomic E-state index is 12.6. The molecule has 24 heavy (non-hydrogen) atoms. The fourth-order valence-corrected chi connectivity index (χ4v) is 2.48. The van der Waals surface area contributed by atoms with Gasteiger partial charge in [-0.25, -0.2) is 4.79 Å². The van der Waals surface area contributed by atoms with Crippen molar-refractivity contribution in [2.75, 3.05) is 13.2 Å². The molecule has 0 aliphatic heterocycles. The van der Waals surface area contributed by atoms with Gasteiger partial charge in [0.1, 0.15) is 0 Å². The highest BCUT2D eigenvalue weighted by atomic mass is 32.1. The van der Waals surface area contributed by atoms with Crippen LogP contribution in [0.15, 0.2) is 41.8 Å². The van der Waals surface area contributed by atoms with E-state index in [-0.39, 0.29) is 18.1 Å². The van der Waals surface area contributed by atoms with Crippen molar-refractivity contribution in [1.82, 2.24) is 5.32 Å². The van der Waals surface area contributed by atoms with Gasteiger partial charge in [0.05, 0.1) is 22.6 Å². The molecule has 1 heterocycles. The second kappa shape index (κ2) is 7.96. The van der Waals surface area contributed by atoms with Crippen molar-refractivity contribution >= 4 is 23.2 Å². The van der Waals surface area contributed by atoms with E-state index in [2.05, 4.69) is 5.32 Å². The van der Waals surface area contributed by atoms with Gasteiger partial charge in [0.25, 0.3) is 5.91 Å². The van der Waals surface area contributed by atoms with Crippen molar-refractivity contribution in [3.63, 3.8) is 0 Å². The SMILES string of the molecule is O=C(OCCCNC(=O)c1cccs1)c1cccc(C(F)(F)F)c1. The molecule has 0 saturated heterocycles. The van der Waals surface area contributed by atoms with Crippen LogP contribution in [0.3, 0.4) is 0 Å². The van der Waals surface area contributed by atoms with E-state index in [4.69, 9.17) is 4.74 Å². The number of ether oxygens (including phenoxy) is 1. The van der Waals surface area contributed by atoms with Crippen molar-refractivity contribution < 1.29 is 27.5 Å². The number of alkyl halides is 3. The van der Waals surface area contributed by atoms with Gasteiger partial charge in [-0.3, -0.25) is 4.79 Å². The summed E-state index contributed by atoms with van der Waals surface area (Å²) in [5.74, 6) is -1.04. The molecule has 1 amide bonds. The predicted octanol–water partition coefficient (Wildman–Crippen LogP) is 3.74. The molecule has 0 fully saturated rings. The normalized spacial score (nSPS) is 11.1. The molecule has 128 valence electrons. The number of halogens is 3. The molecule has 0 bridgehead atoms. The third kappa shape index (κ3) is 5.09. The Morgan fingerprint density at radius 1 is 1.17 bits per heavy atom. The van der Waals surface area contributed by atoms with Crippen molar-refractivity contribution in [2.45, 2.75) is 12.6 Å². The van der Waals surface area contributed by atoms with E-state index in [9.17, 15) is 22.8 Å². The summed E-state index contributed by atoms with van der Waals surface area (Å²) in [6.07, 6.45) is -4.15. The molecule has 0 aliphatic rings. The summed E-state index contributed by atoms with van der Waals surface area (Å²) in [5.41, 5.74) is -1.06. The number of hydrogen-bond donors (Lipinski definition) is 1. The third-order valence-corrected chi connectivity index (χ3v) is 3.88. The smallest absolute Gasteiger partial charge is 0.416 e. The van der Waals surface area contributed by atoms with Crippen LogP contribution in [0.1, 0.15) is 32.0 Å². The molecule has 4 nitrogen and oxygen atoms in total. The molecule has 1 N–H and O–H groups in total. The van der Waals surface area contributed by atoms with E-state index in [0.717, 1.165) is 18.2 Å². The van der Waals surface area contributed by atoms with Gasteiger partial charge >= 0.3 is 12.1 Å². The molecular formula is C16H14F3NO3S. The Bertz CT molecular complexity index is 699. The highest BCUT2D eigenvalue weighted by Gasteiger charge is 2.31. The van der Waals surface area contributed by atoms with Crippen molar-refractivity contribution in [3.8, 4) is 0 Å². The monoisotopic (exact) mass is 357 g/mol.